The van der Waals surface area contributed by atoms with Gasteiger partial charge in [-0.1, -0.05) is 20.8 Å². The Morgan fingerprint density at radius 3 is 2.24 bits per heavy atom. The molecular weight excluding hydrogens is 214 g/mol. The number of nitrogens with two attached hydrogens (primary N) is 1. The van der Waals surface area contributed by atoms with Gasteiger partial charge in [0, 0.05) is 31.6 Å². The molecule has 3 N–H and O–H groups in total. The Labute approximate surface area is 106 Å². The molecular formula is C13H29N3O. The number of amides is 1. The van der Waals surface area contributed by atoms with Crippen LogP contribution in [0.4, 0.5) is 0 Å². The van der Waals surface area contributed by atoms with Crippen LogP contribution in [0.1, 0.15) is 41.0 Å². The van der Waals surface area contributed by atoms with Crippen molar-refractivity contribution in [3.63, 3.8) is 0 Å². The molecule has 0 aliphatic heterocycles. The first kappa shape index (κ1) is 16.4. The monoisotopic (exact) mass is 243 g/mol. The first-order valence-corrected chi connectivity index (χ1v) is 6.35. The number of nitrogens with zero attached hydrogens (tertiary/aromatic N) is 1. The molecule has 0 fully saturated rings. The van der Waals surface area contributed by atoms with Crippen molar-refractivity contribution in [2.45, 2.75) is 53.1 Å². The van der Waals surface area contributed by atoms with Gasteiger partial charge in [0.15, 0.2) is 0 Å². The first-order valence-electron chi connectivity index (χ1n) is 6.35. The summed E-state index contributed by atoms with van der Waals surface area (Å²) < 4.78 is 0. The van der Waals surface area contributed by atoms with E-state index in [0.29, 0.717) is 13.0 Å². The predicted molar refractivity (Wildman–Crippen MR) is 72.8 cm³/mol. The SMILES string of the molecule is CC(C)NC(=O)CC(CN)N(C)CC(C)(C)C. The smallest absolute Gasteiger partial charge is 0.221 e. The minimum absolute atomic E-state index is 0.0798. The average molecular weight is 243 g/mol. The van der Waals surface area contributed by atoms with E-state index in [1.807, 2.05) is 20.9 Å². The van der Waals surface area contributed by atoms with E-state index in [-0.39, 0.29) is 23.4 Å². The molecule has 1 amide bonds. The zero-order valence-electron chi connectivity index (χ0n) is 12.2. The molecule has 0 saturated heterocycles. The summed E-state index contributed by atoms with van der Waals surface area (Å²) in [4.78, 5) is 13.9. The molecule has 102 valence electrons. The van der Waals surface area contributed by atoms with Crippen LogP contribution in [0.5, 0.6) is 0 Å². The van der Waals surface area contributed by atoms with Crippen LogP contribution in [0.15, 0.2) is 0 Å². The van der Waals surface area contributed by atoms with Crippen molar-refractivity contribution in [3.05, 3.63) is 0 Å². The fraction of sp³-hybridized carbons (Fsp3) is 0.923. The largest absolute Gasteiger partial charge is 0.354 e. The molecule has 17 heavy (non-hydrogen) atoms. The summed E-state index contributed by atoms with van der Waals surface area (Å²) in [5, 5.41) is 2.90. The number of likely N-dealkylation sites (N-methyl/N-ethyl adjacent to an activating group) is 1. The Morgan fingerprint density at radius 2 is 1.88 bits per heavy atom. The predicted octanol–water partition coefficient (Wildman–Crippen LogP) is 1.21. The fourth-order valence-electron chi connectivity index (χ4n) is 1.89. The number of hydrogen-bond donors (Lipinski definition) is 2. The van der Waals surface area contributed by atoms with Gasteiger partial charge in [-0.25, -0.2) is 0 Å². The Hall–Kier alpha value is -0.610. The topological polar surface area (TPSA) is 58.4 Å². The highest BCUT2D eigenvalue weighted by atomic mass is 16.1. The van der Waals surface area contributed by atoms with Gasteiger partial charge in [0.2, 0.25) is 5.91 Å². The van der Waals surface area contributed by atoms with Crippen LogP contribution in [0.3, 0.4) is 0 Å². The maximum absolute atomic E-state index is 11.7. The van der Waals surface area contributed by atoms with Gasteiger partial charge in [0.25, 0.3) is 0 Å². The van der Waals surface area contributed by atoms with E-state index in [1.54, 1.807) is 0 Å². The summed E-state index contributed by atoms with van der Waals surface area (Å²) >= 11 is 0. The summed E-state index contributed by atoms with van der Waals surface area (Å²) in [6, 6.07) is 0.307. The summed E-state index contributed by atoms with van der Waals surface area (Å²) in [7, 11) is 2.03. The average Bonchev–Trinajstić information content (AvgIpc) is 2.09. The fourth-order valence-corrected chi connectivity index (χ4v) is 1.89. The molecule has 0 aromatic rings. The van der Waals surface area contributed by atoms with Crippen LogP contribution in [0.25, 0.3) is 0 Å². The molecule has 0 bridgehead atoms. The second-order valence-electron chi connectivity index (χ2n) is 6.29. The molecule has 0 aromatic carbocycles. The van der Waals surface area contributed by atoms with Crippen LogP contribution in [0, 0.1) is 5.41 Å². The van der Waals surface area contributed by atoms with Crippen molar-refractivity contribution in [1.29, 1.82) is 0 Å². The highest BCUT2D eigenvalue weighted by Gasteiger charge is 2.21. The van der Waals surface area contributed by atoms with Gasteiger partial charge in [0.1, 0.15) is 0 Å². The van der Waals surface area contributed by atoms with Gasteiger partial charge in [-0.15, -0.1) is 0 Å². The van der Waals surface area contributed by atoms with Gasteiger partial charge in [-0.2, -0.15) is 0 Å². The Bertz CT molecular complexity index is 233. The number of rotatable bonds is 6. The molecule has 4 nitrogen and oxygen atoms in total. The van der Waals surface area contributed by atoms with Crippen LogP contribution in [0.2, 0.25) is 0 Å². The summed E-state index contributed by atoms with van der Waals surface area (Å²) in [6.45, 7) is 11.9. The molecule has 0 saturated carbocycles. The first-order chi connectivity index (χ1) is 7.65. The molecule has 0 radical (unpaired) electrons. The maximum atomic E-state index is 11.7. The molecule has 0 rings (SSSR count). The van der Waals surface area contributed by atoms with E-state index >= 15 is 0 Å². The molecule has 1 atom stereocenters. The minimum Gasteiger partial charge on any atom is -0.354 e. The van der Waals surface area contributed by atoms with Gasteiger partial charge in [-0.3, -0.25) is 4.79 Å². The van der Waals surface area contributed by atoms with Crippen molar-refractivity contribution >= 4 is 5.91 Å². The molecule has 4 heteroatoms. The highest BCUT2D eigenvalue weighted by Crippen LogP contribution is 2.16. The van der Waals surface area contributed by atoms with E-state index in [9.17, 15) is 4.79 Å². The second kappa shape index (κ2) is 6.97. The van der Waals surface area contributed by atoms with Crippen molar-refractivity contribution in [3.8, 4) is 0 Å². The number of carbonyl (C=O) groups is 1. The van der Waals surface area contributed by atoms with Gasteiger partial charge >= 0.3 is 0 Å². The number of hydrogen-bond acceptors (Lipinski definition) is 3. The maximum Gasteiger partial charge on any atom is 0.221 e. The van der Waals surface area contributed by atoms with Crippen molar-refractivity contribution in [2.24, 2.45) is 11.1 Å². The second-order valence-corrected chi connectivity index (χ2v) is 6.29. The van der Waals surface area contributed by atoms with Crippen LogP contribution < -0.4 is 11.1 Å². The highest BCUT2D eigenvalue weighted by molar-refractivity contribution is 5.76. The van der Waals surface area contributed by atoms with Crippen LogP contribution in [-0.4, -0.2) is 43.0 Å². The minimum atomic E-state index is 0.0798. The molecule has 0 aliphatic carbocycles. The molecule has 0 heterocycles. The Balaban J connectivity index is 4.27. The number of carbonyl (C=O) groups excluding carboxylic acids is 1. The van der Waals surface area contributed by atoms with E-state index in [2.05, 4.69) is 31.0 Å². The lowest BCUT2D eigenvalue weighted by atomic mass is 9.95. The molecule has 0 aliphatic rings. The van der Waals surface area contributed by atoms with Gasteiger partial charge in [0.05, 0.1) is 0 Å². The van der Waals surface area contributed by atoms with E-state index in [4.69, 9.17) is 5.73 Å². The zero-order valence-corrected chi connectivity index (χ0v) is 12.2. The van der Waals surface area contributed by atoms with Crippen molar-refractivity contribution < 1.29 is 4.79 Å². The van der Waals surface area contributed by atoms with Crippen molar-refractivity contribution in [1.82, 2.24) is 10.2 Å². The summed E-state index contributed by atoms with van der Waals surface area (Å²) in [6.07, 6.45) is 0.473. The normalized spacial score (nSPS) is 14.2. The quantitative estimate of drug-likeness (QED) is 0.737. The van der Waals surface area contributed by atoms with Gasteiger partial charge in [-0.05, 0) is 26.3 Å². The molecule has 0 spiro atoms. The van der Waals surface area contributed by atoms with E-state index < -0.39 is 0 Å². The Kier molecular flexibility index (Phi) is 6.72. The third-order valence-electron chi connectivity index (χ3n) is 2.49. The lowest BCUT2D eigenvalue weighted by molar-refractivity contribution is -0.122. The standard InChI is InChI=1S/C13H29N3O/c1-10(2)15-12(17)7-11(8-14)16(6)9-13(3,4)5/h10-11H,7-9,14H2,1-6H3,(H,15,17). The van der Waals surface area contributed by atoms with E-state index in [1.165, 1.54) is 0 Å². The number of nitrogens with one attached hydrogen (secondary N) is 1. The summed E-state index contributed by atoms with van der Waals surface area (Å²) in [5.74, 6) is 0.0798. The zero-order chi connectivity index (χ0) is 13.6. The summed E-state index contributed by atoms with van der Waals surface area (Å²) in [5.41, 5.74) is 5.97. The molecule has 1 unspecified atom stereocenters. The third kappa shape index (κ3) is 8.16. The van der Waals surface area contributed by atoms with Gasteiger partial charge < -0.3 is 16.0 Å². The third-order valence-corrected chi connectivity index (χ3v) is 2.49. The van der Waals surface area contributed by atoms with Crippen LogP contribution >= 0.6 is 0 Å². The van der Waals surface area contributed by atoms with E-state index in [0.717, 1.165) is 6.54 Å². The lowest BCUT2D eigenvalue weighted by Gasteiger charge is -2.32. The van der Waals surface area contributed by atoms with Crippen molar-refractivity contribution in [2.75, 3.05) is 20.1 Å². The molecule has 0 aromatic heterocycles. The Morgan fingerprint density at radius 1 is 1.35 bits per heavy atom. The lowest BCUT2D eigenvalue weighted by Crippen LogP contribution is -2.45. The van der Waals surface area contributed by atoms with Crippen LogP contribution in [-0.2, 0) is 4.79 Å².